The number of nitrogens with zero attached hydrogens (tertiary/aromatic N) is 3. The molecule has 106 valence electrons. The van der Waals surface area contributed by atoms with Crippen molar-refractivity contribution in [2.24, 2.45) is 0 Å². The Morgan fingerprint density at radius 1 is 1.25 bits per heavy atom. The van der Waals surface area contributed by atoms with Gasteiger partial charge in [0.1, 0.15) is 0 Å². The Morgan fingerprint density at radius 3 is 2.80 bits per heavy atom. The number of hydrogen-bond acceptors (Lipinski definition) is 3. The summed E-state index contributed by atoms with van der Waals surface area (Å²) in [7, 11) is 0. The molecule has 2 rings (SSSR count). The quantitative estimate of drug-likeness (QED) is 0.786. The Kier molecular flexibility index (Phi) is 5.50. The molecule has 1 aromatic heterocycles. The third-order valence-electron chi connectivity index (χ3n) is 3.15. The Hall–Kier alpha value is -1.94. The lowest BCUT2D eigenvalue weighted by atomic mass is 10.2. The lowest BCUT2D eigenvalue weighted by Crippen LogP contribution is -2.15. The number of rotatable bonds is 7. The SMILES string of the molecule is CCCNCC/C=C(/C)c1cnnn1-c1ccccc1. The molecule has 1 heterocycles. The maximum atomic E-state index is 4.18. The van der Waals surface area contributed by atoms with Crippen molar-refractivity contribution >= 4 is 5.57 Å². The van der Waals surface area contributed by atoms with Crippen LogP contribution in [-0.2, 0) is 0 Å². The summed E-state index contributed by atoms with van der Waals surface area (Å²) in [4.78, 5) is 0. The van der Waals surface area contributed by atoms with Gasteiger partial charge in [0.2, 0.25) is 0 Å². The summed E-state index contributed by atoms with van der Waals surface area (Å²) in [5.74, 6) is 0. The molecule has 0 aliphatic heterocycles. The third kappa shape index (κ3) is 3.78. The van der Waals surface area contributed by atoms with Crippen LogP contribution in [0.25, 0.3) is 11.3 Å². The lowest BCUT2D eigenvalue weighted by Gasteiger charge is -2.06. The highest BCUT2D eigenvalue weighted by atomic mass is 15.4. The number of hydrogen-bond donors (Lipinski definition) is 1. The first kappa shape index (κ1) is 14.5. The minimum Gasteiger partial charge on any atom is -0.316 e. The van der Waals surface area contributed by atoms with E-state index in [9.17, 15) is 0 Å². The van der Waals surface area contributed by atoms with Gasteiger partial charge in [-0.15, -0.1) is 5.10 Å². The largest absolute Gasteiger partial charge is 0.316 e. The van der Waals surface area contributed by atoms with Crippen molar-refractivity contribution < 1.29 is 0 Å². The van der Waals surface area contributed by atoms with Crippen LogP contribution in [0.2, 0.25) is 0 Å². The summed E-state index contributed by atoms with van der Waals surface area (Å²) >= 11 is 0. The summed E-state index contributed by atoms with van der Waals surface area (Å²) in [5.41, 5.74) is 3.29. The Morgan fingerprint density at radius 2 is 2.05 bits per heavy atom. The maximum absolute atomic E-state index is 4.18. The zero-order chi connectivity index (χ0) is 14.2. The van der Waals surface area contributed by atoms with Gasteiger partial charge in [0.05, 0.1) is 17.6 Å². The molecule has 4 nitrogen and oxygen atoms in total. The highest BCUT2D eigenvalue weighted by Gasteiger charge is 2.06. The molecule has 20 heavy (non-hydrogen) atoms. The molecule has 0 fully saturated rings. The van der Waals surface area contributed by atoms with Gasteiger partial charge in [0.25, 0.3) is 0 Å². The normalized spacial score (nSPS) is 11.8. The number of aromatic nitrogens is 3. The first-order valence-corrected chi connectivity index (χ1v) is 7.17. The molecule has 0 aliphatic rings. The van der Waals surface area contributed by atoms with Crippen molar-refractivity contribution in [1.29, 1.82) is 0 Å². The fraction of sp³-hybridized carbons (Fsp3) is 0.375. The first-order chi connectivity index (χ1) is 9.83. The maximum Gasteiger partial charge on any atom is 0.0897 e. The average Bonchev–Trinajstić information content (AvgIpc) is 2.97. The highest BCUT2D eigenvalue weighted by molar-refractivity contribution is 5.61. The van der Waals surface area contributed by atoms with Gasteiger partial charge in [-0.3, -0.25) is 0 Å². The van der Waals surface area contributed by atoms with E-state index in [0.717, 1.165) is 30.9 Å². The molecule has 0 amide bonds. The standard InChI is InChI=1S/C16H22N4/c1-3-11-17-12-7-8-14(2)16-13-18-19-20(16)15-9-5-4-6-10-15/h4-6,8-10,13,17H,3,7,11-12H2,1-2H3/b14-8-. The predicted molar refractivity (Wildman–Crippen MR) is 82.8 cm³/mol. The zero-order valence-corrected chi connectivity index (χ0v) is 12.2. The molecule has 0 radical (unpaired) electrons. The van der Waals surface area contributed by atoms with Crippen LogP contribution < -0.4 is 5.32 Å². The second kappa shape index (κ2) is 7.60. The molecular formula is C16H22N4. The van der Waals surface area contributed by atoms with E-state index in [1.54, 1.807) is 0 Å². The van der Waals surface area contributed by atoms with E-state index in [4.69, 9.17) is 0 Å². The molecule has 2 aromatic rings. The second-order valence-corrected chi connectivity index (χ2v) is 4.79. The van der Waals surface area contributed by atoms with Crippen LogP contribution in [0, 0.1) is 0 Å². The number of allylic oxidation sites excluding steroid dienone is 1. The molecule has 1 N–H and O–H groups in total. The van der Waals surface area contributed by atoms with E-state index >= 15 is 0 Å². The predicted octanol–water partition coefficient (Wildman–Crippen LogP) is 3.06. The van der Waals surface area contributed by atoms with Crippen molar-refractivity contribution in [1.82, 2.24) is 20.3 Å². The fourth-order valence-electron chi connectivity index (χ4n) is 2.06. The molecule has 0 unspecified atom stereocenters. The van der Waals surface area contributed by atoms with Gasteiger partial charge in [-0.25, -0.2) is 4.68 Å². The lowest BCUT2D eigenvalue weighted by molar-refractivity contribution is 0.678. The van der Waals surface area contributed by atoms with Crippen molar-refractivity contribution in [2.45, 2.75) is 26.7 Å². The molecule has 0 spiro atoms. The molecule has 0 aliphatic carbocycles. The molecule has 0 atom stereocenters. The summed E-state index contributed by atoms with van der Waals surface area (Å²) in [6.07, 6.45) is 6.25. The summed E-state index contributed by atoms with van der Waals surface area (Å²) in [5, 5.41) is 11.6. The van der Waals surface area contributed by atoms with Gasteiger partial charge in [-0.05, 0) is 50.6 Å². The number of para-hydroxylation sites is 1. The topological polar surface area (TPSA) is 42.7 Å². The van der Waals surface area contributed by atoms with Crippen LogP contribution >= 0.6 is 0 Å². The van der Waals surface area contributed by atoms with Crippen molar-refractivity contribution in [3.8, 4) is 5.69 Å². The highest BCUT2D eigenvalue weighted by Crippen LogP contribution is 2.16. The molecule has 1 aromatic carbocycles. The smallest absolute Gasteiger partial charge is 0.0897 e. The monoisotopic (exact) mass is 270 g/mol. The van der Waals surface area contributed by atoms with Crippen LogP contribution in [0.1, 0.15) is 32.4 Å². The van der Waals surface area contributed by atoms with Crippen molar-refractivity contribution in [2.75, 3.05) is 13.1 Å². The van der Waals surface area contributed by atoms with E-state index in [1.807, 2.05) is 41.2 Å². The number of nitrogens with one attached hydrogen (secondary N) is 1. The van der Waals surface area contributed by atoms with Crippen LogP contribution in [0.4, 0.5) is 0 Å². The minimum atomic E-state index is 1.01. The summed E-state index contributed by atoms with van der Waals surface area (Å²) < 4.78 is 1.88. The Balaban J connectivity index is 2.06. The molecular weight excluding hydrogens is 248 g/mol. The minimum absolute atomic E-state index is 1.01. The average molecular weight is 270 g/mol. The van der Waals surface area contributed by atoms with E-state index in [1.165, 1.54) is 12.0 Å². The van der Waals surface area contributed by atoms with Gasteiger partial charge in [0.15, 0.2) is 0 Å². The Bertz CT molecular complexity index is 543. The van der Waals surface area contributed by atoms with Gasteiger partial charge in [-0.2, -0.15) is 0 Å². The van der Waals surface area contributed by atoms with Crippen molar-refractivity contribution in [3.63, 3.8) is 0 Å². The van der Waals surface area contributed by atoms with Gasteiger partial charge >= 0.3 is 0 Å². The van der Waals surface area contributed by atoms with Crippen LogP contribution in [-0.4, -0.2) is 28.1 Å². The molecule has 0 saturated carbocycles. The second-order valence-electron chi connectivity index (χ2n) is 4.79. The van der Waals surface area contributed by atoms with E-state index < -0.39 is 0 Å². The fourth-order valence-corrected chi connectivity index (χ4v) is 2.06. The van der Waals surface area contributed by atoms with Gasteiger partial charge < -0.3 is 5.32 Å². The van der Waals surface area contributed by atoms with Gasteiger partial charge in [-0.1, -0.05) is 36.4 Å². The Labute approximate surface area is 120 Å². The van der Waals surface area contributed by atoms with E-state index in [-0.39, 0.29) is 0 Å². The van der Waals surface area contributed by atoms with Crippen LogP contribution in [0.3, 0.4) is 0 Å². The van der Waals surface area contributed by atoms with E-state index in [2.05, 4.69) is 35.6 Å². The third-order valence-corrected chi connectivity index (χ3v) is 3.15. The number of benzene rings is 1. The first-order valence-electron chi connectivity index (χ1n) is 7.17. The van der Waals surface area contributed by atoms with Crippen molar-refractivity contribution in [3.05, 3.63) is 48.3 Å². The van der Waals surface area contributed by atoms with Crippen LogP contribution in [0.15, 0.2) is 42.6 Å². The van der Waals surface area contributed by atoms with E-state index in [0.29, 0.717) is 0 Å². The molecule has 0 saturated heterocycles. The van der Waals surface area contributed by atoms with Crippen LogP contribution in [0.5, 0.6) is 0 Å². The summed E-state index contributed by atoms with van der Waals surface area (Å²) in [6, 6.07) is 10.1. The zero-order valence-electron chi connectivity index (χ0n) is 12.2. The molecule has 4 heteroatoms. The van der Waals surface area contributed by atoms with Gasteiger partial charge in [0, 0.05) is 0 Å². The molecule has 0 bridgehead atoms. The summed E-state index contributed by atoms with van der Waals surface area (Å²) in [6.45, 7) is 6.38.